The van der Waals surface area contributed by atoms with Crippen LogP contribution < -0.4 is 10.6 Å². The van der Waals surface area contributed by atoms with Crippen molar-refractivity contribution in [2.75, 3.05) is 19.0 Å². The first-order chi connectivity index (χ1) is 16.7. The molecule has 0 spiro atoms. The standard InChI is InChI=1S/C25H26N4O6/c1-4-15-28-16(2)22(24(31)35-3)23(27-25(28)32)18-8-10-19(11-9-18)26-21(30)14-7-17-5-12-20(13-6-17)29(33)34/h5-14,23H,4,15H2,1-3H3,(H,26,30)(H,27,32)/b14-7+. The number of non-ortho nitro benzene ring substituents is 1. The van der Waals surface area contributed by atoms with Crippen LogP contribution >= 0.6 is 0 Å². The molecule has 0 bridgehead atoms. The number of carbonyl (C=O) groups excluding carboxylic acids is 3. The number of carbonyl (C=O) groups is 3. The predicted octanol–water partition coefficient (Wildman–Crippen LogP) is 4.17. The van der Waals surface area contributed by atoms with Crippen molar-refractivity contribution >= 4 is 35.4 Å². The van der Waals surface area contributed by atoms with Crippen molar-refractivity contribution in [3.8, 4) is 0 Å². The second-order valence-corrected chi connectivity index (χ2v) is 7.82. The Morgan fingerprint density at radius 2 is 1.83 bits per heavy atom. The first-order valence-corrected chi connectivity index (χ1v) is 11.0. The van der Waals surface area contributed by atoms with Crippen molar-refractivity contribution < 1.29 is 24.0 Å². The molecule has 1 aliphatic rings. The number of rotatable bonds is 8. The molecule has 182 valence electrons. The number of nitro groups is 1. The Bertz CT molecular complexity index is 1190. The van der Waals surface area contributed by atoms with E-state index in [0.717, 1.165) is 6.42 Å². The first kappa shape index (κ1) is 25.2. The number of anilines is 1. The molecule has 1 heterocycles. The average Bonchev–Trinajstić information content (AvgIpc) is 2.85. The number of amides is 3. The smallest absolute Gasteiger partial charge is 0.337 e. The average molecular weight is 479 g/mol. The highest BCUT2D eigenvalue weighted by Crippen LogP contribution is 2.32. The summed E-state index contributed by atoms with van der Waals surface area (Å²) in [6.45, 7) is 4.14. The van der Waals surface area contributed by atoms with Crippen LogP contribution in [0.5, 0.6) is 0 Å². The lowest BCUT2D eigenvalue weighted by Crippen LogP contribution is -2.48. The van der Waals surface area contributed by atoms with Crippen molar-refractivity contribution in [3.63, 3.8) is 0 Å². The molecule has 35 heavy (non-hydrogen) atoms. The number of benzene rings is 2. The largest absolute Gasteiger partial charge is 0.466 e. The number of ether oxygens (including phenoxy) is 1. The minimum atomic E-state index is -0.685. The molecular formula is C25H26N4O6. The molecule has 0 saturated heterocycles. The molecule has 3 amide bonds. The molecule has 2 N–H and O–H groups in total. The Kier molecular flexibility index (Phi) is 7.98. The zero-order valence-corrected chi connectivity index (χ0v) is 19.6. The fraction of sp³-hybridized carbons (Fsp3) is 0.240. The summed E-state index contributed by atoms with van der Waals surface area (Å²) in [7, 11) is 1.29. The highest BCUT2D eigenvalue weighted by atomic mass is 16.6. The number of nitro benzene ring substituents is 1. The summed E-state index contributed by atoms with van der Waals surface area (Å²) in [6, 6.07) is 11.6. The van der Waals surface area contributed by atoms with E-state index >= 15 is 0 Å². The molecule has 0 aliphatic carbocycles. The highest BCUT2D eigenvalue weighted by molar-refractivity contribution is 6.02. The monoisotopic (exact) mass is 478 g/mol. The number of hydrogen-bond donors (Lipinski definition) is 2. The molecule has 10 heteroatoms. The molecule has 3 rings (SSSR count). The Morgan fingerprint density at radius 1 is 1.17 bits per heavy atom. The summed E-state index contributed by atoms with van der Waals surface area (Å²) in [5.74, 6) is -0.911. The maximum atomic E-state index is 12.6. The van der Waals surface area contributed by atoms with Crippen LogP contribution in [0.25, 0.3) is 6.08 Å². The molecule has 0 fully saturated rings. The van der Waals surface area contributed by atoms with Crippen molar-refractivity contribution in [1.82, 2.24) is 10.2 Å². The molecule has 10 nitrogen and oxygen atoms in total. The molecule has 2 aromatic carbocycles. The molecule has 2 aromatic rings. The van der Waals surface area contributed by atoms with E-state index in [9.17, 15) is 24.5 Å². The Labute approximate surface area is 202 Å². The second-order valence-electron chi connectivity index (χ2n) is 7.82. The number of hydrogen-bond acceptors (Lipinski definition) is 6. The topological polar surface area (TPSA) is 131 Å². The summed E-state index contributed by atoms with van der Waals surface area (Å²) in [5, 5.41) is 16.3. The van der Waals surface area contributed by atoms with Gasteiger partial charge in [-0.1, -0.05) is 19.1 Å². The number of allylic oxidation sites excluding steroid dienone is 1. The van der Waals surface area contributed by atoms with E-state index in [-0.39, 0.29) is 17.6 Å². The maximum absolute atomic E-state index is 12.6. The molecule has 0 aromatic heterocycles. The van der Waals surface area contributed by atoms with Crippen molar-refractivity contribution in [1.29, 1.82) is 0 Å². The number of nitrogens with one attached hydrogen (secondary N) is 2. The normalized spacial score (nSPS) is 15.7. The van der Waals surface area contributed by atoms with Crippen molar-refractivity contribution in [2.24, 2.45) is 0 Å². The van der Waals surface area contributed by atoms with Gasteiger partial charge >= 0.3 is 12.0 Å². The lowest BCUT2D eigenvalue weighted by atomic mass is 9.94. The number of urea groups is 1. The molecule has 1 aliphatic heterocycles. The summed E-state index contributed by atoms with van der Waals surface area (Å²) in [4.78, 5) is 49.2. The van der Waals surface area contributed by atoms with Gasteiger partial charge in [-0.25, -0.2) is 9.59 Å². The molecule has 1 atom stereocenters. The van der Waals surface area contributed by atoms with Crippen LogP contribution in [-0.4, -0.2) is 41.4 Å². The van der Waals surface area contributed by atoms with E-state index in [1.165, 1.54) is 30.2 Å². The molecule has 0 saturated carbocycles. The van der Waals surface area contributed by atoms with Gasteiger partial charge in [-0.15, -0.1) is 0 Å². The number of methoxy groups -OCH3 is 1. The van der Waals surface area contributed by atoms with Crippen LogP contribution in [-0.2, 0) is 14.3 Å². The van der Waals surface area contributed by atoms with Crippen LogP contribution in [0.4, 0.5) is 16.2 Å². The zero-order chi connectivity index (χ0) is 25.5. The van der Waals surface area contributed by atoms with E-state index in [0.29, 0.717) is 34.6 Å². The van der Waals surface area contributed by atoms with E-state index in [1.807, 2.05) is 6.92 Å². The lowest BCUT2D eigenvalue weighted by Gasteiger charge is -2.35. The Hall–Kier alpha value is -4.47. The predicted molar refractivity (Wildman–Crippen MR) is 130 cm³/mol. The Morgan fingerprint density at radius 3 is 2.40 bits per heavy atom. The highest BCUT2D eigenvalue weighted by Gasteiger charge is 2.35. The summed E-state index contributed by atoms with van der Waals surface area (Å²) in [6.07, 6.45) is 3.60. The minimum absolute atomic E-state index is 0.0284. The fourth-order valence-electron chi connectivity index (χ4n) is 3.72. The third-order valence-electron chi connectivity index (χ3n) is 5.49. The van der Waals surface area contributed by atoms with Gasteiger partial charge in [0.1, 0.15) is 0 Å². The van der Waals surface area contributed by atoms with Gasteiger partial charge < -0.3 is 15.4 Å². The minimum Gasteiger partial charge on any atom is -0.466 e. The fourth-order valence-corrected chi connectivity index (χ4v) is 3.72. The van der Waals surface area contributed by atoms with Gasteiger partial charge in [-0.3, -0.25) is 19.8 Å². The van der Waals surface area contributed by atoms with Gasteiger partial charge in [0.05, 0.1) is 23.6 Å². The third-order valence-corrected chi connectivity index (χ3v) is 5.49. The van der Waals surface area contributed by atoms with Gasteiger partial charge in [0.15, 0.2) is 0 Å². The van der Waals surface area contributed by atoms with Crippen LogP contribution in [0.3, 0.4) is 0 Å². The molecule has 0 radical (unpaired) electrons. The maximum Gasteiger partial charge on any atom is 0.337 e. The first-order valence-electron chi connectivity index (χ1n) is 11.0. The number of nitrogens with zero attached hydrogens (tertiary/aromatic N) is 2. The van der Waals surface area contributed by atoms with E-state index < -0.39 is 16.9 Å². The molecule has 1 unspecified atom stereocenters. The quantitative estimate of drug-likeness (QED) is 0.253. The van der Waals surface area contributed by atoms with E-state index in [1.54, 1.807) is 49.4 Å². The molecular weight excluding hydrogens is 452 g/mol. The van der Waals surface area contributed by atoms with Crippen LogP contribution in [0, 0.1) is 10.1 Å². The van der Waals surface area contributed by atoms with E-state index in [4.69, 9.17) is 4.74 Å². The summed E-state index contributed by atoms with van der Waals surface area (Å²) >= 11 is 0. The van der Waals surface area contributed by atoms with E-state index in [2.05, 4.69) is 10.6 Å². The van der Waals surface area contributed by atoms with Crippen LogP contribution in [0.15, 0.2) is 65.9 Å². The zero-order valence-electron chi connectivity index (χ0n) is 19.6. The van der Waals surface area contributed by atoms with Crippen molar-refractivity contribution in [2.45, 2.75) is 26.3 Å². The van der Waals surface area contributed by atoms with Gasteiger partial charge in [0.25, 0.3) is 5.69 Å². The number of esters is 1. The Balaban J connectivity index is 1.73. The lowest BCUT2D eigenvalue weighted by molar-refractivity contribution is -0.384. The van der Waals surface area contributed by atoms with Crippen LogP contribution in [0.2, 0.25) is 0 Å². The second kappa shape index (κ2) is 11.1. The SMILES string of the molecule is CCCN1C(=O)NC(c2ccc(NC(=O)/C=C/c3ccc([N+](=O)[O-])cc3)cc2)C(C(=O)OC)=C1C. The van der Waals surface area contributed by atoms with Crippen LogP contribution in [0.1, 0.15) is 37.4 Å². The van der Waals surface area contributed by atoms with Gasteiger partial charge in [0.2, 0.25) is 5.91 Å². The van der Waals surface area contributed by atoms with Crippen molar-refractivity contribution in [3.05, 3.63) is 87.1 Å². The summed E-state index contributed by atoms with van der Waals surface area (Å²) in [5.41, 5.74) is 2.68. The van der Waals surface area contributed by atoms with Gasteiger partial charge in [0, 0.05) is 36.1 Å². The van der Waals surface area contributed by atoms with Gasteiger partial charge in [-0.2, -0.15) is 0 Å². The third kappa shape index (κ3) is 5.91. The van der Waals surface area contributed by atoms with Gasteiger partial charge in [-0.05, 0) is 54.8 Å². The summed E-state index contributed by atoms with van der Waals surface area (Å²) < 4.78 is 4.96.